The van der Waals surface area contributed by atoms with Crippen molar-refractivity contribution >= 4 is 54.7 Å². The Kier molecular flexibility index (Phi) is 5.90. The van der Waals surface area contributed by atoms with E-state index in [0.29, 0.717) is 33.4 Å². The molecule has 0 aliphatic heterocycles. The third-order valence-corrected chi connectivity index (χ3v) is 4.91. The third kappa shape index (κ3) is 3.97. The van der Waals surface area contributed by atoms with Crippen LogP contribution in [0, 0.1) is 17.0 Å². The van der Waals surface area contributed by atoms with Gasteiger partial charge in [-0.1, -0.05) is 15.9 Å². The minimum atomic E-state index is -0.528. The summed E-state index contributed by atoms with van der Waals surface area (Å²) in [6.45, 7) is 3.70. The summed E-state index contributed by atoms with van der Waals surface area (Å²) >= 11 is 6.62. The van der Waals surface area contributed by atoms with Crippen LogP contribution in [0.15, 0.2) is 49.2 Å². The summed E-state index contributed by atoms with van der Waals surface area (Å²) in [6, 6.07) is 8.19. The molecule has 0 unspecified atom stereocenters. The monoisotopic (exact) mass is 508 g/mol. The zero-order valence-corrected chi connectivity index (χ0v) is 18.0. The van der Waals surface area contributed by atoms with Gasteiger partial charge >= 0.3 is 5.69 Å². The number of hydrogen-bond acceptors (Lipinski definition) is 6. The van der Waals surface area contributed by atoms with Crippen LogP contribution < -0.4 is 10.3 Å². The molecule has 0 atom stereocenters. The van der Waals surface area contributed by atoms with E-state index in [1.807, 2.05) is 0 Å². The Morgan fingerprint density at radius 2 is 2.07 bits per heavy atom. The predicted octanol–water partition coefficient (Wildman–Crippen LogP) is 4.42. The Morgan fingerprint density at radius 3 is 2.75 bits per heavy atom. The molecule has 0 saturated heterocycles. The van der Waals surface area contributed by atoms with E-state index in [-0.39, 0.29) is 17.0 Å². The molecule has 144 valence electrons. The van der Waals surface area contributed by atoms with Crippen LogP contribution in [0.3, 0.4) is 0 Å². The molecule has 28 heavy (non-hydrogen) atoms. The molecular formula is C18H14Br2N4O4. The van der Waals surface area contributed by atoms with Crippen LogP contribution >= 0.6 is 31.9 Å². The number of ether oxygens (including phenoxy) is 1. The third-order valence-electron chi connectivity index (χ3n) is 3.82. The number of aromatic nitrogens is 2. The molecule has 1 heterocycles. The first-order valence-electron chi connectivity index (χ1n) is 8.15. The van der Waals surface area contributed by atoms with Gasteiger partial charge in [-0.3, -0.25) is 14.9 Å². The maximum atomic E-state index is 12.8. The number of hydrogen-bond donors (Lipinski definition) is 0. The average molecular weight is 510 g/mol. The molecule has 0 spiro atoms. The van der Waals surface area contributed by atoms with Crippen molar-refractivity contribution in [2.45, 2.75) is 13.8 Å². The fourth-order valence-electron chi connectivity index (χ4n) is 2.62. The molecule has 0 fully saturated rings. The first-order chi connectivity index (χ1) is 13.3. The quantitative estimate of drug-likeness (QED) is 0.288. The topological polar surface area (TPSA) is 99.6 Å². The number of halogens is 2. The van der Waals surface area contributed by atoms with Crippen molar-refractivity contribution in [3.63, 3.8) is 0 Å². The molecule has 10 heteroatoms. The number of rotatable bonds is 5. The van der Waals surface area contributed by atoms with Gasteiger partial charge < -0.3 is 4.74 Å². The highest BCUT2D eigenvalue weighted by atomic mass is 79.9. The SMILES string of the molecule is CCOc1c(Br)cc(C=Nn2c(C)nc3ccc(Br)cc3c2=O)cc1[N+](=O)[O-]. The molecule has 3 aromatic rings. The van der Waals surface area contributed by atoms with E-state index in [1.54, 1.807) is 38.1 Å². The van der Waals surface area contributed by atoms with E-state index >= 15 is 0 Å². The average Bonchev–Trinajstić information content (AvgIpc) is 2.64. The second kappa shape index (κ2) is 8.19. The molecule has 8 nitrogen and oxygen atoms in total. The van der Waals surface area contributed by atoms with Gasteiger partial charge in [-0.15, -0.1) is 0 Å². The minimum absolute atomic E-state index is 0.148. The van der Waals surface area contributed by atoms with E-state index in [1.165, 1.54) is 12.3 Å². The van der Waals surface area contributed by atoms with E-state index in [4.69, 9.17) is 4.74 Å². The van der Waals surface area contributed by atoms with Gasteiger partial charge in [-0.05, 0) is 54.0 Å². The Hall–Kier alpha value is -2.59. The molecule has 0 saturated carbocycles. The summed E-state index contributed by atoms with van der Waals surface area (Å²) in [5.74, 6) is 0.547. The molecular weight excluding hydrogens is 496 g/mol. The molecule has 0 radical (unpaired) electrons. The van der Waals surface area contributed by atoms with Crippen LogP contribution in [-0.2, 0) is 0 Å². The zero-order chi connectivity index (χ0) is 20.4. The highest BCUT2D eigenvalue weighted by Gasteiger charge is 2.19. The number of nitro groups is 1. The van der Waals surface area contributed by atoms with Gasteiger partial charge in [0.05, 0.1) is 33.1 Å². The van der Waals surface area contributed by atoms with E-state index in [0.717, 1.165) is 9.15 Å². The lowest BCUT2D eigenvalue weighted by Gasteiger charge is -2.08. The molecule has 0 bridgehead atoms. The summed E-state index contributed by atoms with van der Waals surface area (Å²) in [5.41, 5.74) is 0.473. The smallest absolute Gasteiger partial charge is 0.312 e. The lowest BCUT2D eigenvalue weighted by atomic mass is 10.2. The molecule has 1 aromatic heterocycles. The largest absolute Gasteiger partial charge is 0.486 e. The zero-order valence-electron chi connectivity index (χ0n) is 14.8. The van der Waals surface area contributed by atoms with Gasteiger partial charge in [-0.2, -0.15) is 9.78 Å². The summed E-state index contributed by atoms with van der Waals surface area (Å²) in [4.78, 5) is 28.0. The van der Waals surface area contributed by atoms with E-state index < -0.39 is 4.92 Å². The van der Waals surface area contributed by atoms with E-state index in [2.05, 4.69) is 41.9 Å². The van der Waals surface area contributed by atoms with E-state index in [9.17, 15) is 14.9 Å². The van der Waals surface area contributed by atoms with Crippen LogP contribution in [0.25, 0.3) is 10.9 Å². The standard InChI is InChI=1S/C18H14Br2N4O4/c1-3-28-17-14(20)6-11(7-16(17)24(26)27)9-21-23-10(2)22-15-5-4-12(19)8-13(15)18(23)25/h4-9H,3H2,1-2H3. The van der Waals surface area contributed by atoms with Crippen LogP contribution in [0.5, 0.6) is 5.75 Å². The summed E-state index contributed by atoms with van der Waals surface area (Å²) < 4.78 is 7.68. The Balaban J connectivity index is 2.09. The van der Waals surface area contributed by atoms with Crippen molar-refractivity contribution in [3.8, 4) is 5.75 Å². The van der Waals surface area contributed by atoms with Crippen LogP contribution in [0.2, 0.25) is 0 Å². The summed E-state index contributed by atoms with van der Waals surface area (Å²) in [6.07, 6.45) is 1.37. The highest BCUT2D eigenvalue weighted by molar-refractivity contribution is 9.10. The lowest BCUT2D eigenvalue weighted by molar-refractivity contribution is -0.385. The van der Waals surface area contributed by atoms with Gasteiger partial charge in [0.25, 0.3) is 5.56 Å². The highest BCUT2D eigenvalue weighted by Crippen LogP contribution is 2.36. The molecule has 0 N–H and O–H groups in total. The van der Waals surface area contributed by atoms with Crippen LogP contribution in [0.4, 0.5) is 5.69 Å². The normalized spacial score (nSPS) is 11.3. The number of aryl methyl sites for hydroxylation is 1. The Bertz CT molecular complexity index is 1170. The Labute approximate surface area is 176 Å². The lowest BCUT2D eigenvalue weighted by Crippen LogP contribution is -2.20. The van der Waals surface area contributed by atoms with Gasteiger partial charge in [0, 0.05) is 16.1 Å². The molecule has 0 aliphatic carbocycles. The second-order valence-electron chi connectivity index (χ2n) is 5.72. The maximum absolute atomic E-state index is 12.8. The van der Waals surface area contributed by atoms with Gasteiger partial charge in [0.15, 0.2) is 0 Å². The molecule has 0 amide bonds. The predicted molar refractivity (Wildman–Crippen MR) is 113 cm³/mol. The van der Waals surface area contributed by atoms with Crippen molar-refractivity contribution in [1.29, 1.82) is 0 Å². The van der Waals surface area contributed by atoms with Crippen LogP contribution in [0.1, 0.15) is 18.3 Å². The number of nitrogens with zero attached hydrogens (tertiary/aromatic N) is 4. The molecule has 0 aliphatic rings. The fourth-order valence-corrected chi connectivity index (χ4v) is 3.56. The Morgan fingerprint density at radius 1 is 1.32 bits per heavy atom. The van der Waals surface area contributed by atoms with Gasteiger partial charge in [0.1, 0.15) is 5.82 Å². The first kappa shape index (κ1) is 20.2. The molecule has 3 rings (SSSR count). The summed E-state index contributed by atoms with van der Waals surface area (Å²) in [7, 11) is 0. The van der Waals surface area contributed by atoms with Crippen molar-refractivity contribution in [1.82, 2.24) is 9.66 Å². The van der Waals surface area contributed by atoms with Crippen molar-refractivity contribution in [2.24, 2.45) is 5.10 Å². The van der Waals surface area contributed by atoms with Crippen molar-refractivity contribution < 1.29 is 9.66 Å². The number of nitro benzene ring substituents is 1. The van der Waals surface area contributed by atoms with Gasteiger partial charge in [0.2, 0.25) is 5.75 Å². The van der Waals surface area contributed by atoms with Gasteiger partial charge in [-0.25, -0.2) is 4.98 Å². The minimum Gasteiger partial charge on any atom is -0.486 e. The second-order valence-corrected chi connectivity index (χ2v) is 7.49. The number of fused-ring (bicyclic) bond motifs is 1. The fraction of sp³-hybridized carbons (Fsp3) is 0.167. The summed E-state index contributed by atoms with van der Waals surface area (Å²) in [5, 5.41) is 16.0. The van der Waals surface area contributed by atoms with Crippen LogP contribution in [-0.4, -0.2) is 27.4 Å². The maximum Gasteiger partial charge on any atom is 0.312 e. The number of benzene rings is 2. The van der Waals surface area contributed by atoms with Crippen molar-refractivity contribution in [2.75, 3.05) is 6.61 Å². The molecule has 2 aromatic carbocycles. The van der Waals surface area contributed by atoms with Crippen molar-refractivity contribution in [3.05, 3.63) is 71.1 Å². The first-order valence-corrected chi connectivity index (χ1v) is 9.74.